The summed E-state index contributed by atoms with van der Waals surface area (Å²) >= 11 is 0. The van der Waals surface area contributed by atoms with Crippen LogP contribution in [0.25, 0.3) is 0 Å². The van der Waals surface area contributed by atoms with Crippen molar-refractivity contribution in [2.24, 2.45) is 5.10 Å². The van der Waals surface area contributed by atoms with Crippen LogP contribution in [0.4, 0.5) is 0 Å². The molecule has 0 unspecified atom stereocenters. The van der Waals surface area contributed by atoms with E-state index in [1.54, 1.807) is 5.01 Å². The quantitative estimate of drug-likeness (QED) is 0.755. The number of likely N-dealkylation sites (tertiary alicyclic amines) is 1. The number of carbonyl (C=O) groups excluding carboxylic acids is 1. The molecule has 0 bridgehead atoms. The van der Waals surface area contributed by atoms with Crippen LogP contribution in [0.15, 0.2) is 47.6 Å². The number of amides is 1. The predicted octanol–water partition coefficient (Wildman–Crippen LogP) is 4.78. The van der Waals surface area contributed by atoms with Gasteiger partial charge in [0.1, 0.15) is 0 Å². The van der Waals surface area contributed by atoms with Crippen LogP contribution in [0.3, 0.4) is 0 Å². The number of carbonyl (C=O) groups is 1. The maximum atomic E-state index is 13.3. The Morgan fingerprint density at radius 2 is 1.66 bits per heavy atom. The van der Waals surface area contributed by atoms with Gasteiger partial charge in [-0.05, 0) is 63.9 Å². The van der Waals surface area contributed by atoms with Crippen LogP contribution < -0.4 is 0 Å². The molecule has 0 radical (unpaired) electrons. The third-order valence-corrected chi connectivity index (χ3v) is 6.14. The lowest BCUT2D eigenvalue weighted by Crippen LogP contribution is -2.40. The van der Waals surface area contributed by atoms with Gasteiger partial charge >= 0.3 is 0 Å². The molecule has 2 aliphatic rings. The fourth-order valence-corrected chi connectivity index (χ4v) is 4.38. The Kier molecular flexibility index (Phi) is 5.81. The van der Waals surface area contributed by atoms with Crippen molar-refractivity contribution in [1.82, 2.24) is 9.91 Å². The van der Waals surface area contributed by atoms with Crippen molar-refractivity contribution in [3.63, 3.8) is 0 Å². The van der Waals surface area contributed by atoms with Crippen molar-refractivity contribution in [3.05, 3.63) is 70.3 Å². The van der Waals surface area contributed by atoms with Crippen molar-refractivity contribution >= 4 is 11.6 Å². The molecule has 2 heterocycles. The van der Waals surface area contributed by atoms with Gasteiger partial charge in [0, 0.05) is 12.0 Å². The van der Waals surface area contributed by atoms with Crippen LogP contribution in [0.5, 0.6) is 0 Å². The molecular weight excluding hydrogens is 358 g/mol. The van der Waals surface area contributed by atoms with Crippen LogP contribution in [0.1, 0.15) is 59.5 Å². The highest BCUT2D eigenvalue weighted by Crippen LogP contribution is 2.34. The highest BCUT2D eigenvalue weighted by atomic mass is 16.2. The number of benzene rings is 2. The van der Waals surface area contributed by atoms with E-state index in [4.69, 9.17) is 5.10 Å². The van der Waals surface area contributed by atoms with Gasteiger partial charge in [-0.2, -0.15) is 5.10 Å². The van der Waals surface area contributed by atoms with Gasteiger partial charge < -0.3 is 0 Å². The maximum absolute atomic E-state index is 13.3. The summed E-state index contributed by atoms with van der Waals surface area (Å²) in [4.78, 5) is 15.6. The molecule has 0 saturated carbocycles. The molecule has 1 amide bonds. The smallest absolute Gasteiger partial charge is 0.257 e. The van der Waals surface area contributed by atoms with Crippen molar-refractivity contribution in [3.8, 4) is 0 Å². The zero-order valence-electron chi connectivity index (χ0n) is 17.8. The highest BCUT2D eigenvalue weighted by Gasteiger charge is 2.34. The molecule has 29 heavy (non-hydrogen) atoms. The first-order valence-corrected chi connectivity index (χ1v) is 10.8. The molecule has 0 aromatic heterocycles. The van der Waals surface area contributed by atoms with E-state index in [9.17, 15) is 4.79 Å². The third kappa shape index (κ3) is 4.43. The second kappa shape index (κ2) is 8.50. The topological polar surface area (TPSA) is 35.9 Å². The van der Waals surface area contributed by atoms with Crippen molar-refractivity contribution < 1.29 is 4.79 Å². The number of hydrogen-bond donors (Lipinski definition) is 0. The lowest BCUT2D eigenvalue weighted by atomic mass is 9.94. The van der Waals surface area contributed by atoms with E-state index in [1.165, 1.54) is 36.0 Å². The molecule has 1 atom stereocenters. The van der Waals surface area contributed by atoms with Gasteiger partial charge in [-0.15, -0.1) is 0 Å². The van der Waals surface area contributed by atoms with Gasteiger partial charge in [0.05, 0.1) is 18.3 Å². The minimum Gasteiger partial charge on any atom is -0.294 e. The number of piperidine rings is 1. The highest BCUT2D eigenvalue weighted by molar-refractivity contribution is 6.04. The molecule has 4 nitrogen and oxygen atoms in total. The predicted molar refractivity (Wildman–Crippen MR) is 118 cm³/mol. The summed E-state index contributed by atoms with van der Waals surface area (Å²) in [7, 11) is 0. The minimum absolute atomic E-state index is 0.0252. The maximum Gasteiger partial charge on any atom is 0.257 e. The monoisotopic (exact) mass is 389 g/mol. The van der Waals surface area contributed by atoms with Crippen LogP contribution in [0.2, 0.25) is 0 Å². The summed E-state index contributed by atoms with van der Waals surface area (Å²) in [5.74, 6) is 0.109. The Labute approximate surface area is 174 Å². The fraction of sp³-hybridized carbons (Fsp3) is 0.440. The number of nitrogens with zero attached hydrogens (tertiary/aromatic N) is 3. The Morgan fingerprint density at radius 3 is 2.38 bits per heavy atom. The molecule has 2 aromatic rings. The van der Waals surface area contributed by atoms with Crippen molar-refractivity contribution in [2.75, 3.05) is 19.6 Å². The van der Waals surface area contributed by atoms with Gasteiger partial charge in [-0.25, -0.2) is 5.01 Å². The average molecular weight is 390 g/mol. The van der Waals surface area contributed by atoms with E-state index in [0.717, 1.165) is 36.3 Å². The lowest BCUT2D eigenvalue weighted by molar-refractivity contribution is -0.134. The normalized spacial score (nSPS) is 20.0. The minimum atomic E-state index is -0.0252. The molecule has 2 aromatic carbocycles. The summed E-state index contributed by atoms with van der Waals surface area (Å²) in [6.07, 6.45) is 4.41. The summed E-state index contributed by atoms with van der Waals surface area (Å²) in [5.41, 5.74) is 7.00. The number of hydrogen-bond acceptors (Lipinski definition) is 3. The van der Waals surface area contributed by atoms with E-state index < -0.39 is 0 Å². The fourth-order valence-electron chi connectivity index (χ4n) is 4.38. The Bertz CT molecular complexity index is 910. The molecule has 0 N–H and O–H groups in total. The first-order chi connectivity index (χ1) is 14.0. The SMILES string of the molecule is Cc1ccc([C@@H]2CC(c3cc(C)ccc3C)=NN2C(=O)CN2CCCCC2)cc1. The van der Waals surface area contributed by atoms with E-state index in [1.807, 2.05) is 0 Å². The summed E-state index contributed by atoms with van der Waals surface area (Å²) in [6, 6.07) is 15.0. The second-order valence-electron chi connectivity index (χ2n) is 8.57. The van der Waals surface area contributed by atoms with Gasteiger partial charge in [-0.1, -0.05) is 53.9 Å². The molecule has 0 spiro atoms. The summed E-state index contributed by atoms with van der Waals surface area (Å²) in [6.45, 7) is 8.82. The molecule has 4 heteroatoms. The molecule has 2 aliphatic heterocycles. The molecular formula is C25H31N3O. The zero-order valence-corrected chi connectivity index (χ0v) is 17.8. The van der Waals surface area contributed by atoms with Gasteiger partial charge in [0.25, 0.3) is 5.91 Å². The molecule has 0 aliphatic carbocycles. The molecule has 152 valence electrons. The largest absolute Gasteiger partial charge is 0.294 e. The van der Waals surface area contributed by atoms with E-state index >= 15 is 0 Å². The van der Waals surface area contributed by atoms with Gasteiger partial charge in [0.15, 0.2) is 0 Å². The first-order valence-electron chi connectivity index (χ1n) is 10.8. The first kappa shape index (κ1) is 19.8. The van der Waals surface area contributed by atoms with Crippen molar-refractivity contribution in [1.29, 1.82) is 0 Å². The van der Waals surface area contributed by atoms with Gasteiger partial charge in [-0.3, -0.25) is 9.69 Å². The van der Waals surface area contributed by atoms with Crippen LogP contribution in [0, 0.1) is 20.8 Å². The standard InChI is InChI=1S/C25H31N3O/c1-18-8-11-21(12-9-18)24-16-23(22-15-19(2)7-10-20(22)3)26-28(24)25(29)17-27-13-5-4-6-14-27/h7-12,15,24H,4-6,13-14,16-17H2,1-3H3/t24-/m0/s1. The number of rotatable bonds is 4. The van der Waals surface area contributed by atoms with Crippen LogP contribution >= 0.6 is 0 Å². The molecule has 1 fully saturated rings. The Balaban J connectivity index is 1.64. The zero-order chi connectivity index (χ0) is 20.4. The molecule has 1 saturated heterocycles. The van der Waals surface area contributed by atoms with Crippen LogP contribution in [-0.4, -0.2) is 41.2 Å². The average Bonchev–Trinajstić information content (AvgIpc) is 3.16. The Morgan fingerprint density at radius 1 is 0.966 bits per heavy atom. The van der Waals surface area contributed by atoms with Crippen molar-refractivity contribution in [2.45, 2.75) is 52.5 Å². The van der Waals surface area contributed by atoms with Gasteiger partial charge in [0.2, 0.25) is 0 Å². The number of aryl methyl sites for hydroxylation is 3. The summed E-state index contributed by atoms with van der Waals surface area (Å²) < 4.78 is 0. The molecule has 4 rings (SSSR count). The van der Waals surface area contributed by atoms with E-state index in [0.29, 0.717) is 6.54 Å². The van der Waals surface area contributed by atoms with Crippen LogP contribution in [-0.2, 0) is 4.79 Å². The number of hydrazone groups is 1. The van der Waals surface area contributed by atoms with E-state index in [-0.39, 0.29) is 11.9 Å². The summed E-state index contributed by atoms with van der Waals surface area (Å²) in [5, 5.41) is 6.64. The van der Waals surface area contributed by atoms with E-state index in [2.05, 4.69) is 68.1 Å². The Hall–Kier alpha value is -2.46. The second-order valence-corrected chi connectivity index (χ2v) is 8.57. The lowest BCUT2D eigenvalue weighted by Gasteiger charge is -2.29. The third-order valence-electron chi connectivity index (χ3n) is 6.14.